The second-order valence-electron chi connectivity index (χ2n) is 5.94. The quantitative estimate of drug-likeness (QED) is 0.802. The molecule has 1 aromatic heterocycles. The molecule has 0 aliphatic carbocycles. The van der Waals surface area contributed by atoms with Crippen LogP contribution in [0.5, 0.6) is 0 Å². The van der Waals surface area contributed by atoms with Crippen LogP contribution < -0.4 is 5.73 Å². The molecule has 0 atom stereocenters. The molecule has 0 spiro atoms. The van der Waals surface area contributed by atoms with Crippen LogP contribution in [-0.2, 0) is 20.9 Å². The monoisotopic (exact) mass is 335 g/mol. The smallest absolute Gasteiger partial charge is 0.248 e. The van der Waals surface area contributed by atoms with Crippen molar-refractivity contribution in [2.24, 2.45) is 5.92 Å². The number of hydrogen-bond donors (Lipinski definition) is 1. The normalized spacial score (nSPS) is 15.3. The van der Waals surface area contributed by atoms with E-state index < -0.39 is 0 Å². The molecule has 2 N–H and O–H groups in total. The van der Waals surface area contributed by atoms with Crippen LogP contribution >= 0.6 is 0 Å². The minimum atomic E-state index is -0.0548. The van der Waals surface area contributed by atoms with Gasteiger partial charge in [0, 0.05) is 57.2 Å². The molecule has 0 unspecified atom stereocenters. The number of amides is 2. The summed E-state index contributed by atoms with van der Waals surface area (Å²) in [7, 11) is 1.77. The molecule has 0 aromatic carbocycles. The van der Waals surface area contributed by atoms with Gasteiger partial charge in [-0.1, -0.05) is 0 Å². The topological polar surface area (TPSA) is 102 Å². The Kier molecular flexibility index (Phi) is 6.48. The summed E-state index contributed by atoms with van der Waals surface area (Å²) in [5.41, 5.74) is 6.30. The lowest BCUT2D eigenvalue weighted by atomic mass is 9.95. The number of ether oxygens (including phenoxy) is 1. The average Bonchev–Trinajstić information content (AvgIpc) is 2.61. The molecule has 8 heteroatoms. The Morgan fingerprint density at radius 3 is 2.54 bits per heavy atom. The first-order valence-electron chi connectivity index (χ1n) is 8.18. The van der Waals surface area contributed by atoms with Crippen molar-refractivity contribution < 1.29 is 14.3 Å². The number of piperidine rings is 1. The number of nitrogens with zero attached hydrogens (tertiary/aromatic N) is 4. The fourth-order valence-corrected chi connectivity index (χ4v) is 2.77. The summed E-state index contributed by atoms with van der Waals surface area (Å²) in [4.78, 5) is 35.8. The molecule has 1 fully saturated rings. The molecule has 1 saturated heterocycles. The Bertz CT molecular complexity index is 555. The molecular weight excluding hydrogens is 310 g/mol. The van der Waals surface area contributed by atoms with Gasteiger partial charge >= 0.3 is 0 Å². The van der Waals surface area contributed by atoms with Gasteiger partial charge in [0.05, 0.1) is 0 Å². The van der Waals surface area contributed by atoms with Gasteiger partial charge in [-0.15, -0.1) is 0 Å². The molecule has 0 radical (unpaired) electrons. The van der Waals surface area contributed by atoms with E-state index in [2.05, 4.69) is 9.97 Å². The molecule has 2 amide bonds. The van der Waals surface area contributed by atoms with Gasteiger partial charge in [-0.05, 0) is 19.8 Å². The zero-order valence-electron chi connectivity index (χ0n) is 14.3. The second-order valence-corrected chi connectivity index (χ2v) is 5.94. The number of nitrogen functional groups attached to an aromatic ring is 1. The van der Waals surface area contributed by atoms with Crippen molar-refractivity contribution in [2.45, 2.75) is 26.3 Å². The number of carbonyl (C=O) groups is 2. The number of aromatic nitrogens is 2. The average molecular weight is 335 g/mol. The number of rotatable bonds is 6. The van der Waals surface area contributed by atoms with Gasteiger partial charge in [0.15, 0.2) is 0 Å². The number of carbonyl (C=O) groups excluding carboxylic acids is 2. The molecular formula is C16H25N5O3. The standard InChI is InChI=1S/C16H25N5O3/c1-3-24-11-14(22)21-6-4-13(5-7-21)15(23)20(2)10-12-8-18-16(17)19-9-12/h8-9,13H,3-7,10-11H2,1-2H3,(H2,17,18,19). The van der Waals surface area contributed by atoms with Crippen molar-refractivity contribution in [3.8, 4) is 0 Å². The number of nitrogens with two attached hydrogens (primary N) is 1. The van der Waals surface area contributed by atoms with Crippen molar-refractivity contribution in [2.75, 3.05) is 39.1 Å². The Balaban J connectivity index is 1.81. The molecule has 0 bridgehead atoms. The summed E-state index contributed by atoms with van der Waals surface area (Å²) >= 11 is 0. The number of hydrogen-bond acceptors (Lipinski definition) is 6. The van der Waals surface area contributed by atoms with E-state index in [9.17, 15) is 9.59 Å². The van der Waals surface area contributed by atoms with Crippen LogP contribution in [0.25, 0.3) is 0 Å². The predicted octanol–water partition coefficient (Wildman–Crippen LogP) is 0.292. The summed E-state index contributed by atoms with van der Waals surface area (Å²) < 4.78 is 5.15. The Morgan fingerprint density at radius 1 is 1.33 bits per heavy atom. The Labute approximate surface area is 142 Å². The first kappa shape index (κ1) is 18.1. The highest BCUT2D eigenvalue weighted by Crippen LogP contribution is 2.20. The van der Waals surface area contributed by atoms with E-state index >= 15 is 0 Å². The van der Waals surface area contributed by atoms with Crippen molar-refractivity contribution in [3.63, 3.8) is 0 Å². The van der Waals surface area contributed by atoms with Gasteiger partial charge < -0.3 is 20.3 Å². The van der Waals surface area contributed by atoms with Gasteiger partial charge in [0.1, 0.15) is 6.61 Å². The summed E-state index contributed by atoms with van der Waals surface area (Å²) in [5.74, 6) is 0.247. The Morgan fingerprint density at radius 2 is 1.96 bits per heavy atom. The zero-order valence-corrected chi connectivity index (χ0v) is 14.3. The lowest BCUT2D eigenvalue weighted by molar-refractivity contribution is -0.142. The molecule has 132 valence electrons. The SMILES string of the molecule is CCOCC(=O)N1CCC(C(=O)N(C)Cc2cnc(N)nc2)CC1. The van der Waals surface area contributed by atoms with E-state index in [4.69, 9.17) is 10.5 Å². The van der Waals surface area contributed by atoms with Gasteiger partial charge in [-0.2, -0.15) is 0 Å². The molecule has 0 saturated carbocycles. The summed E-state index contributed by atoms with van der Waals surface area (Å²) in [5, 5.41) is 0. The number of anilines is 1. The fourth-order valence-electron chi connectivity index (χ4n) is 2.77. The lowest BCUT2D eigenvalue weighted by Crippen LogP contribution is -2.44. The van der Waals surface area contributed by atoms with E-state index in [-0.39, 0.29) is 30.3 Å². The predicted molar refractivity (Wildman–Crippen MR) is 88.7 cm³/mol. The van der Waals surface area contributed by atoms with Crippen LogP contribution in [-0.4, -0.2) is 64.9 Å². The van der Waals surface area contributed by atoms with Crippen LogP contribution in [0.3, 0.4) is 0 Å². The summed E-state index contributed by atoms with van der Waals surface area (Å²) in [6.07, 6.45) is 4.61. The maximum atomic E-state index is 12.6. The Hall–Kier alpha value is -2.22. The van der Waals surface area contributed by atoms with E-state index in [1.165, 1.54) is 0 Å². The van der Waals surface area contributed by atoms with Crippen molar-refractivity contribution in [1.29, 1.82) is 0 Å². The van der Waals surface area contributed by atoms with Gasteiger partial charge in [-0.25, -0.2) is 9.97 Å². The molecule has 1 aliphatic heterocycles. The van der Waals surface area contributed by atoms with E-state index in [0.717, 1.165) is 5.56 Å². The first-order valence-corrected chi connectivity index (χ1v) is 8.18. The van der Waals surface area contributed by atoms with Crippen LogP contribution in [0.4, 0.5) is 5.95 Å². The lowest BCUT2D eigenvalue weighted by Gasteiger charge is -2.33. The molecule has 1 aromatic rings. The fraction of sp³-hybridized carbons (Fsp3) is 0.625. The zero-order chi connectivity index (χ0) is 17.5. The maximum Gasteiger partial charge on any atom is 0.248 e. The van der Waals surface area contributed by atoms with Crippen molar-refractivity contribution in [1.82, 2.24) is 19.8 Å². The van der Waals surface area contributed by atoms with Crippen LogP contribution in [0.15, 0.2) is 12.4 Å². The van der Waals surface area contributed by atoms with E-state index in [0.29, 0.717) is 39.1 Å². The van der Waals surface area contributed by atoms with E-state index in [1.807, 2.05) is 6.92 Å². The minimum absolute atomic E-state index is 0.00451. The number of likely N-dealkylation sites (tertiary alicyclic amines) is 1. The third-order valence-electron chi connectivity index (χ3n) is 4.15. The van der Waals surface area contributed by atoms with Crippen LogP contribution in [0, 0.1) is 5.92 Å². The largest absolute Gasteiger partial charge is 0.372 e. The molecule has 2 rings (SSSR count). The van der Waals surface area contributed by atoms with Crippen molar-refractivity contribution >= 4 is 17.8 Å². The second kappa shape index (κ2) is 8.58. The third-order valence-corrected chi connectivity index (χ3v) is 4.15. The highest BCUT2D eigenvalue weighted by atomic mass is 16.5. The van der Waals surface area contributed by atoms with Gasteiger partial charge in [0.2, 0.25) is 17.8 Å². The molecule has 2 heterocycles. The van der Waals surface area contributed by atoms with Gasteiger partial charge in [-0.3, -0.25) is 9.59 Å². The molecule has 1 aliphatic rings. The summed E-state index contributed by atoms with van der Waals surface area (Å²) in [6.45, 7) is 4.15. The molecule has 24 heavy (non-hydrogen) atoms. The minimum Gasteiger partial charge on any atom is -0.372 e. The third kappa shape index (κ3) is 4.89. The van der Waals surface area contributed by atoms with E-state index in [1.54, 1.807) is 29.2 Å². The van der Waals surface area contributed by atoms with Crippen molar-refractivity contribution in [3.05, 3.63) is 18.0 Å². The van der Waals surface area contributed by atoms with Gasteiger partial charge in [0.25, 0.3) is 0 Å². The van der Waals surface area contributed by atoms with Crippen LogP contribution in [0.1, 0.15) is 25.3 Å². The maximum absolute atomic E-state index is 12.6. The molecule has 8 nitrogen and oxygen atoms in total. The van der Waals surface area contributed by atoms with Crippen LogP contribution in [0.2, 0.25) is 0 Å². The first-order chi connectivity index (χ1) is 11.5. The highest BCUT2D eigenvalue weighted by Gasteiger charge is 2.29. The highest BCUT2D eigenvalue weighted by molar-refractivity contribution is 5.80. The summed E-state index contributed by atoms with van der Waals surface area (Å²) in [6, 6.07) is 0.